The molecule has 0 saturated carbocycles. The fourth-order valence-electron chi connectivity index (χ4n) is 1.75. The van der Waals surface area contributed by atoms with E-state index in [9.17, 15) is 4.79 Å². The minimum atomic E-state index is 0.223. The second kappa shape index (κ2) is 3.64. The molecule has 13 heavy (non-hydrogen) atoms. The van der Waals surface area contributed by atoms with Gasteiger partial charge in [-0.15, -0.1) is 0 Å². The quantitative estimate of drug-likeness (QED) is 0.594. The molecule has 2 rings (SSSR count). The number of ether oxygens (including phenoxy) is 1. The van der Waals surface area contributed by atoms with E-state index in [1.54, 1.807) is 0 Å². The number of nitrogens with zero attached hydrogens (tertiary/aromatic N) is 1. The van der Waals surface area contributed by atoms with Crippen molar-refractivity contribution in [2.75, 3.05) is 32.8 Å². The number of morpholine rings is 1. The lowest BCUT2D eigenvalue weighted by molar-refractivity contribution is -0.145. The molecule has 2 aliphatic heterocycles. The molecule has 2 saturated heterocycles. The lowest BCUT2D eigenvalue weighted by Crippen LogP contribution is -2.56. The molecule has 0 unspecified atom stereocenters. The molecular formula is C9H16N2O2. The Hall–Kier alpha value is -0.610. The first-order valence-corrected chi connectivity index (χ1v) is 4.88. The second-order valence-electron chi connectivity index (χ2n) is 3.81. The number of hydrogen-bond acceptors (Lipinski definition) is 3. The van der Waals surface area contributed by atoms with Crippen molar-refractivity contribution < 1.29 is 9.53 Å². The van der Waals surface area contributed by atoms with Crippen LogP contribution in [-0.2, 0) is 9.53 Å². The third-order valence-electron chi connectivity index (χ3n) is 2.78. The van der Waals surface area contributed by atoms with Gasteiger partial charge in [-0.05, 0) is 6.92 Å². The average molecular weight is 184 g/mol. The van der Waals surface area contributed by atoms with Gasteiger partial charge in [0, 0.05) is 19.6 Å². The van der Waals surface area contributed by atoms with Crippen molar-refractivity contribution in [2.24, 2.45) is 5.92 Å². The van der Waals surface area contributed by atoms with Crippen LogP contribution < -0.4 is 5.32 Å². The maximum absolute atomic E-state index is 11.8. The van der Waals surface area contributed by atoms with E-state index >= 15 is 0 Å². The molecule has 1 amide bonds. The van der Waals surface area contributed by atoms with Gasteiger partial charge in [-0.1, -0.05) is 0 Å². The van der Waals surface area contributed by atoms with E-state index < -0.39 is 0 Å². The van der Waals surface area contributed by atoms with E-state index in [0.717, 1.165) is 19.6 Å². The summed E-state index contributed by atoms with van der Waals surface area (Å²) in [5, 5.41) is 3.12. The first-order valence-electron chi connectivity index (χ1n) is 4.88. The zero-order valence-electron chi connectivity index (χ0n) is 7.95. The van der Waals surface area contributed by atoms with Gasteiger partial charge in [0.15, 0.2) is 0 Å². The van der Waals surface area contributed by atoms with E-state index in [2.05, 4.69) is 5.32 Å². The summed E-state index contributed by atoms with van der Waals surface area (Å²) in [6, 6.07) is 0.252. The highest BCUT2D eigenvalue weighted by molar-refractivity contribution is 5.80. The Kier molecular flexibility index (Phi) is 2.51. The van der Waals surface area contributed by atoms with Crippen LogP contribution in [0.4, 0.5) is 0 Å². The highest BCUT2D eigenvalue weighted by atomic mass is 16.5. The minimum Gasteiger partial charge on any atom is -0.377 e. The molecule has 1 N–H and O–H groups in total. The summed E-state index contributed by atoms with van der Waals surface area (Å²) in [6.07, 6.45) is 0. The van der Waals surface area contributed by atoms with E-state index in [1.807, 2.05) is 11.8 Å². The van der Waals surface area contributed by atoms with Gasteiger partial charge in [-0.25, -0.2) is 0 Å². The first kappa shape index (κ1) is 8.97. The van der Waals surface area contributed by atoms with Crippen molar-refractivity contribution in [3.63, 3.8) is 0 Å². The largest absolute Gasteiger partial charge is 0.377 e. The first-order chi connectivity index (χ1) is 6.29. The predicted molar refractivity (Wildman–Crippen MR) is 48.4 cm³/mol. The van der Waals surface area contributed by atoms with E-state index in [-0.39, 0.29) is 12.0 Å². The Balaban J connectivity index is 1.93. The van der Waals surface area contributed by atoms with Gasteiger partial charge in [0.25, 0.3) is 0 Å². The Bertz CT molecular complexity index is 204. The highest BCUT2D eigenvalue weighted by Crippen LogP contribution is 2.13. The molecule has 0 bridgehead atoms. The molecule has 2 aliphatic rings. The lowest BCUT2D eigenvalue weighted by atomic mass is 10.0. The zero-order chi connectivity index (χ0) is 9.26. The van der Waals surface area contributed by atoms with Gasteiger partial charge in [0.2, 0.25) is 5.91 Å². The molecule has 0 radical (unpaired) electrons. The third-order valence-corrected chi connectivity index (χ3v) is 2.78. The van der Waals surface area contributed by atoms with Gasteiger partial charge < -0.3 is 15.0 Å². The Labute approximate surface area is 78.2 Å². The van der Waals surface area contributed by atoms with Crippen LogP contribution in [-0.4, -0.2) is 49.7 Å². The summed E-state index contributed by atoms with van der Waals surface area (Å²) in [4.78, 5) is 13.8. The molecule has 0 aromatic carbocycles. The van der Waals surface area contributed by atoms with Crippen LogP contribution in [0, 0.1) is 5.92 Å². The highest BCUT2D eigenvalue weighted by Gasteiger charge is 2.32. The monoisotopic (exact) mass is 184 g/mol. The molecule has 0 aliphatic carbocycles. The topological polar surface area (TPSA) is 41.6 Å². The van der Waals surface area contributed by atoms with Crippen LogP contribution in [0.25, 0.3) is 0 Å². The molecule has 1 atom stereocenters. The Morgan fingerprint density at radius 3 is 2.85 bits per heavy atom. The van der Waals surface area contributed by atoms with Crippen molar-refractivity contribution in [2.45, 2.75) is 13.0 Å². The number of nitrogens with one attached hydrogen (secondary N) is 1. The summed E-state index contributed by atoms with van der Waals surface area (Å²) >= 11 is 0. The number of carbonyl (C=O) groups is 1. The fraction of sp³-hybridized carbons (Fsp3) is 0.889. The molecule has 0 spiro atoms. The van der Waals surface area contributed by atoms with Crippen LogP contribution in [0.15, 0.2) is 0 Å². The number of hydrogen-bond donors (Lipinski definition) is 1. The summed E-state index contributed by atoms with van der Waals surface area (Å²) in [5.41, 5.74) is 0. The van der Waals surface area contributed by atoms with Crippen molar-refractivity contribution in [1.29, 1.82) is 0 Å². The van der Waals surface area contributed by atoms with Gasteiger partial charge in [0.1, 0.15) is 0 Å². The summed E-state index contributed by atoms with van der Waals surface area (Å²) < 4.78 is 5.28. The van der Waals surface area contributed by atoms with Crippen molar-refractivity contribution in [3.05, 3.63) is 0 Å². The lowest BCUT2D eigenvalue weighted by Gasteiger charge is -2.38. The van der Waals surface area contributed by atoms with Gasteiger partial charge in [-0.3, -0.25) is 4.79 Å². The summed E-state index contributed by atoms with van der Waals surface area (Å²) in [7, 11) is 0. The molecule has 0 aromatic rings. The van der Waals surface area contributed by atoms with Crippen LogP contribution in [0.5, 0.6) is 0 Å². The maximum atomic E-state index is 11.8. The maximum Gasteiger partial charge on any atom is 0.228 e. The van der Waals surface area contributed by atoms with Crippen molar-refractivity contribution in [3.8, 4) is 0 Å². The standard InChI is InChI=1S/C9H16N2O2/c1-7-6-13-3-2-11(7)9(12)8-4-10-5-8/h7-8,10H,2-6H2,1H3/t7-/m0/s1. The normalized spacial score (nSPS) is 29.9. The Morgan fingerprint density at radius 1 is 1.54 bits per heavy atom. The smallest absolute Gasteiger partial charge is 0.228 e. The van der Waals surface area contributed by atoms with Crippen LogP contribution in [0.1, 0.15) is 6.92 Å². The zero-order valence-corrected chi connectivity index (χ0v) is 7.95. The molecule has 4 nitrogen and oxygen atoms in total. The average Bonchev–Trinajstić information content (AvgIpc) is 2.01. The molecule has 0 aromatic heterocycles. The van der Waals surface area contributed by atoms with Gasteiger partial charge >= 0.3 is 0 Å². The van der Waals surface area contributed by atoms with Crippen LogP contribution in [0.3, 0.4) is 0 Å². The van der Waals surface area contributed by atoms with E-state index in [4.69, 9.17) is 4.74 Å². The number of carbonyl (C=O) groups excluding carboxylic acids is 1. The van der Waals surface area contributed by atoms with E-state index in [0.29, 0.717) is 19.1 Å². The number of amides is 1. The molecule has 74 valence electrons. The number of rotatable bonds is 1. The molecule has 2 heterocycles. The van der Waals surface area contributed by atoms with E-state index in [1.165, 1.54) is 0 Å². The van der Waals surface area contributed by atoms with Crippen molar-refractivity contribution >= 4 is 5.91 Å². The fourth-order valence-corrected chi connectivity index (χ4v) is 1.75. The predicted octanol–water partition coefficient (Wildman–Crippen LogP) is -0.547. The Morgan fingerprint density at radius 2 is 2.31 bits per heavy atom. The third kappa shape index (κ3) is 1.69. The van der Waals surface area contributed by atoms with Crippen molar-refractivity contribution in [1.82, 2.24) is 10.2 Å². The molecule has 2 fully saturated rings. The minimum absolute atomic E-state index is 0.223. The summed E-state index contributed by atoms with van der Waals surface area (Å²) in [6.45, 7) is 5.88. The van der Waals surface area contributed by atoms with Gasteiger partial charge in [0.05, 0.1) is 25.2 Å². The summed E-state index contributed by atoms with van der Waals surface area (Å²) in [5.74, 6) is 0.523. The SMILES string of the molecule is C[C@H]1COCCN1C(=O)C1CNC1. The van der Waals surface area contributed by atoms with Crippen LogP contribution in [0.2, 0.25) is 0 Å². The molecule has 4 heteroatoms. The van der Waals surface area contributed by atoms with Crippen LogP contribution >= 0.6 is 0 Å². The second-order valence-corrected chi connectivity index (χ2v) is 3.81. The van der Waals surface area contributed by atoms with Gasteiger partial charge in [-0.2, -0.15) is 0 Å². The molecular weight excluding hydrogens is 168 g/mol.